The van der Waals surface area contributed by atoms with Gasteiger partial charge in [-0.1, -0.05) is 6.07 Å². The number of hydrogen-bond donors (Lipinski definition) is 1. The van der Waals surface area contributed by atoms with Gasteiger partial charge in [-0.3, -0.25) is 4.99 Å². The van der Waals surface area contributed by atoms with Crippen LogP contribution < -0.4 is 15.0 Å². The number of methoxy groups -OCH3 is 1. The number of aliphatic imine (C=N–C) groups is 1. The number of nitrogens with zero attached hydrogens (tertiary/aromatic N) is 4. The van der Waals surface area contributed by atoms with E-state index in [1.165, 1.54) is 12.1 Å². The molecule has 0 radical (unpaired) electrons. The second kappa shape index (κ2) is 10.6. The molecule has 0 bridgehead atoms. The molecule has 0 atom stereocenters. The molecule has 7 nitrogen and oxygen atoms in total. The molecule has 1 aromatic carbocycles. The lowest BCUT2D eigenvalue weighted by Crippen LogP contribution is -2.52. The van der Waals surface area contributed by atoms with Crippen molar-refractivity contribution in [3.63, 3.8) is 0 Å². The van der Waals surface area contributed by atoms with Gasteiger partial charge in [0.05, 0.1) is 6.61 Å². The van der Waals surface area contributed by atoms with E-state index in [4.69, 9.17) is 9.47 Å². The summed E-state index contributed by atoms with van der Waals surface area (Å²) in [6, 6.07) is 10.5. The topological polar surface area (TPSA) is 62.2 Å². The molecule has 0 saturated carbocycles. The van der Waals surface area contributed by atoms with Crippen molar-refractivity contribution in [1.82, 2.24) is 15.2 Å². The molecule has 2 aromatic rings. The summed E-state index contributed by atoms with van der Waals surface area (Å²) in [5, 5.41) is 3.40. The van der Waals surface area contributed by atoms with E-state index in [0.717, 1.165) is 43.4 Å². The molecule has 0 amide bonds. The van der Waals surface area contributed by atoms with Crippen LogP contribution in [-0.4, -0.2) is 69.4 Å². The lowest BCUT2D eigenvalue weighted by Gasteiger charge is -2.37. The van der Waals surface area contributed by atoms with Gasteiger partial charge in [-0.25, -0.2) is 9.37 Å². The lowest BCUT2D eigenvalue weighted by atomic mass is 10.2. The Morgan fingerprint density at radius 1 is 1.14 bits per heavy atom. The zero-order valence-electron chi connectivity index (χ0n) is 17.0. The largest absolute Gasteiger partial charge is 0.475 e. The van der Waals surface area contributed by atoms with Crippen molar-refractivity contribution < 1.29 is 13.9 Å². The number of benzene rings is 1. The second-order valence-corrected chi connectivity index (χ2v) is 6.66. The molecule has 1 aromatic heterocycles. The van der Waals surface area contributed by atoms with E-state index >= 15 is 0 Å². The molecule has 0 spiro atoms. The van der Waals surface area contributed by atoms with Gasteiger partial charge in [-0.15, -0.1) is 0 Å². The Bertz CT molecular complexity index is 792. The molecule has 1 N–H and O–H groups in total. The average molecular weight is 401 g/mol. The van der Waals surface area contributed by atoms with Gasteiger partial charge in [0, 0.05) is 64.3 Å². The van der Waals surface area contributed by atoms with Gasteiger partial charge in [0.15, 0.2) is 5.96 Å². The van der Waals surface area contributed by atoms with Crippen LogP contribution in [0.1, 0.15) is 5.56 Å². The van der Waals surface area contributed by atoms with Crippen LogP contribution in [0.15, 0.2) is 47.6 Å². The Morgan fingerprint density at radius 2 is 1.90 bits per heavy atom. The molecular formula is C21H28FN5O2. The smallest absolute Gasteiger partial charge is 0.218 e. The quantitative estimate of drug-likeness (QED) is 0.436. The maximum Gasteiger partial charge on any atom is 0.218 e. The summed E-state index contributed by atoms with van der Waals surface area (Å²) in [5.74, 6) is 1.24. The third-order valence-corrected chi connectivity index (χ3v) is 4.80. The van der Waals surface area contributed by atoms with Crippen molar-refractivity contribution in [2.24, 2.45) is 4.99 Å². The van der Waals surface area contributed by atoms with Crippen LogP contribution in [-0.2, 0) is 11.3 Å². The number of aromatic nitrogens is 1. The van der Waals surface area contributed by atoms with E-state index in [0.29, 0.717) is 25.6 Å². The standard InChI is InChI=1S/C21H28FN5O2/c1-23-21(25-16-17-4-3-9-24-20(17)29-15-14-28-2)27-12-10-26(11-13-27)19-7-5-18(22)6-8-19/h3-9H,10-16H2,1-2H3,(H,23,25). The van der Waals surface area contributed by atoms with Gasteiger partial charge in [0.2, 0.25) is 5.88 Å². The molecule has 8 heteroatoms. The van der Waals surface area contributed by atoms with Crippen molar-refractivity contribution in [1.29, 1.82) is 0 Å². The van der Waals surface area contributed by atoms with Crippen LogP contribution in [0.5, 0.6) is 5.88 Å². The highest BCUT2D eigenvalue weighted by Gasteiger charge is 2.20. The third kappa shape index (κ3) is 5.80. The first-order valence-corrected chi connectivity index (χ1v) is 9.73. The van der Waals surface area contributed by atoms with Crippen LogP contribution in [0, 0.1) is 5.82 Å². The zero-order chi connectivity index (χ0) is 20.5. The number of anilines is 1. The monoisotopic (exact) mass is 401 g/mol. The van der Waals surface area contributed by atoms with Gasteiger partial charge in [-0.2, -0.15) is 0 Å². The molecule has 3 rings (SSSR count). The van der Waals surface area contributed by atoms with Crippen molar-refractivity contribution in [3.05, 3.63) is 54.0 Å². The van der Waals surface area contributed by atoms with Crippen LogP contribution in [0.2, 0.25) is 0 Å². The molecular weight excluding hydrogens is 373 g/mol. The van der Waals surface area contributed by atoms with Crippen LogP contribution in [0.25, 0.3) is 0 Å². The summed E-state index contributed by atoms with van der Waals surface area (Å²) < 4.78 is 23.9. The normalized spacial score (nSPS) is 14.8. The Morgan fingerprint density at radius 3 is 2.59 bits per heavy atom. The maximum absolute atomic E-state index is 13.1. The Balaban J connectivity index is 1.53. The van der Waals surface area contributed by atoms with Gasteiger partial charge in [0.1, 0.15) is 12.4 Å². The highest BCUT2D eigenvalue weighted by atomic mass is 19.1. The van der Waals surface area contributed by atoms with Gasteiger partial charge >= 0.3 is 0 Å². The maximum atomic E-state index is 13.1. The van der Waals surface area contributed by atoms with Crippen LogP contribution in [0.4, 0.5) is 10.1 Å². The van der Waals surface area contributed by atoms with Gasteiger partial charge in [-0.05, 0) is 30.3 Å². The summed E-state index contributed by atoms with van der Waals surface area (Å²) in [6.07, 6.45) is 1.72. The zero-order valence-corrected chi connectivity index (χ0v) is 17.0. The van der Waals surface area contributed by atoms with E-state index < -0.39 is 0 Å². The fraction of sp³-hybridized carbons (Fsp3) is 0.429. The van der Waals surface area contributed by atoms with Crippen molar-refractivity contribution in [2.75, 3.05) is 58.5 Å². The van der Waals surface area contributed by atoms with Crippen molar-refractivity contribution in [3.8, 4) is 5.88 Å². The predicted octanol–water partition coefficient (Wildman–Crippen LogP) is 2.14. The summed E-state index contributed by atoms with van der Waals surface area (Å²) in [7, 11) is 3.43. The van der Waals surface area contributed by atoms with Crippen molar-refractivity contribution in [2.45, 2.75) is 6.54 Å². The van der Waals surface area contributed by atoms with Gasteiger partial charge < -0.3 is 24.6 Å². The first-order valence-electron chi connectivity index (χ1n) is 9.73. The second-order valence-electron chi connectivity index (χ2n) is 6.66. The Labute approximate surface area is 171 Å². The highest BCUT2D eigenvalue weighted by molar-refractivity contribution is 5.80. The predicted molar refractivity (Wildman–Crippen MR) is 112 cm³/mol. The first kappa shape index (κ1) is 20.9. The lowest BCUT2D eigenvalue weighted by molar-refractivity contribution is 0.143. The first-order chi connectivity index (χ1) is 14.2. The molecule has 1 saturated heterocycles. The minimum absolute atomic E-state index is 0.210. The summed E-state index contributed by atoms with van der Waals surface area (Å²) in [6.45, 7) is 4.92. The Hall–Kier alpha value is -2.87. The van der Waals surface area contributed by atoms with E-state index in [1.807, 2.05) is 24.3 Å². The summed E-state index contributed by atoms with van der Waals surface area (Å²) in [4.78, 5) is 13.2. The molecule has 1 fully saturated rings. The fourth-order valence-electron chi connectivity index (χ4n) is 3.25. The molecule has 0 aliphatic carbocycles. The summed E-state index contributed by atoms with van der Waals surface area (Å²) in [5.41, 5.74) is 2.01. The van der Waals surface area contributed by atoms with E-state index in [-0.39, 0.29) is 5.82 Å². The summed E-state index contributed by atoms with van der Waals surface area (Å²) >= 11 is 0. The number of halogens is 1. The molecule has 29 heavy (non-hydrogen) atoms. The number of guanidine groups is 1. The van der Waals surface area contributed by atoms with Crippen molar-refractivity contribution >= 4 is 11.6 Å². The number of piperazine rings is 1. The van der Waals surface area contributed by atoms with Crippen LogP contribution in [0.3, 0.4) is 0 Å². The third-order valence-electron chi connectivity index (χ3n) is 4.80. The molecule has 1 aliphatic rings. The number of pyridine rings is 1. The van der Waals surface area contributed by atoms with E-state index in [2.05, 4.69) is 25.1 Å². The Kier molecular flexibility index (Phi) is 7.63. The van der Waals surface area contributed by atoms with E-state index in [1.54, 1.807) is 20.4 Å². The highest BCUT2D eigenvalue weighted by Crippen LogP contribution is 2.17. The fourth-order valence-corrected chi connectivity index (χ4v) is 3.25. The number of rotatable bonds is 7. The average Bonchev–Trinajstić information content (AvgIpc) is 2.76. The molecule has 156 valence electrons. The van der Waals surface area contributed by atoms with Crippen LogP contribution >= 0.6 is 0 Å². The molecule has 0 unspecified atom stereocenters. The van der Waals surface area contributed by atoms with E-state index in [9.17, 15) is 4.39 Å². The molecule has 2 heterocycles. The minimum Gasteiger partial charge on any atom is -0.475 e. The minimum atomic E-state index is -0.210. The van der Waals surface area contributed by atoms with Gasteiger partial charge in [0.25, 0.3) is 0 Å². The number of ether oxygens (including phenoxy) is 2. The number of hydrogen-bond acceptors (Lipinski definition) is 5. The number of nitrogens with one attached hydrogen (secondary N) is 1. The molecule has 1 aliphatic heterocycles. The SMILES string of the molecule is CN=C(NCc1cccnc1OCCOC)N1CCN(c2ccc(F)cc2)CC1.